The molecule has 1 atom stereocenters. The lowest BCUT2D eigenvalue weighted by Gasteiger charge is -2.20. The molecular weight excluding hydrogens is 366 g/mol. The number of benzene rings is 2. The smallest absolute Gasteiger partial charge is 0.231 e. The molecule has 7 heteroatoms. The van der Waals surface area contributed by atoms with Crippen molar-refractivity contribution in [2.45, 2.75) is 18.1 Å². The van der Waals surface area contributed by atoms with Crippen LogP contribution in [0.4, 0.5) is 0 Å². The summed E-state index contributed by atoms with van der Waals surface area (Å²) in [6.45, 7) is 0.856. The van der Waals surface area contributed by atoms with Crippen molar-refractivity contribution in [3.63, 3.8) is 0 Å². The van der Waals surface area contributed by atoms with E-state index in [0.29, 0.717) is 24.5 Å². The van der Waals surface area contributed by atoms with Gasteiger partial charge in [-0.05, 0) is 29.7 Å². The van der Waals surface area contributed by atoms with Crippen LogP contribution < -0.4 is 9.47 Å². The van der Waals surface area contributed by atoms with Crippen molar-refractivity contribution in [1.82, 2.24) is 4.90 Å². The van der Waals surface area contributed by atoms with E-state index in [2.05, 4.69) is 0 Å². The summed E-state index contributed by atoms with van der Waals surface area (Å²) in [5.74, 6) is 1.23. The Morgan fingerprint density at radius 1 is 1.04 bits per heavy atom. The molecule has 0 aliphatic carbocycles. The second-order valence-electron chi connectivity index (χ2n) is 6.80. The average Bonchev–Trinajstić information content (AvgIpc) is 3.06. The summed E-state index contributed by atoms with van der Waals surface area (Å²) in [7, 11) is -3.29. The van der Waals surface area contributed by atoms with Gasteiger partial charge in [-0.3, -0.25) is 4.79 Å². The maximum atomic E-state index is 12.7. The standard InChI is InChI=1S/C20H21NO5S/c22-20(13-15-6-7-17-18(12-15)26-14-25-17)21-9-8-19(27(23,24)11-10-21)16-4-2-1-3-5-16/h1-7,12,19H,8-11,13-14H2. The zero-order valence-electron chi connectivity index (χ0n) is 14.8. The molecule has 0 bridgehead atoms. The number of fused-ring (bicyclic) bond motifs is 1. The fourth-order valence-electron chi connectivity index (χ4n) is 3.57. The van der Waals surface area contributed by atoms with Crippen LogP contribution in [0.1, 0.15) is 22.8 Å². The molecule has 0 radical (unpaired) electrons. The zero-order chi connectivity index (χ0) is 18.9. The van der Waals surface area contributed by atoms with Crippen LogP contribution in [0, 0.1) is 0 Å². The minimum absolute atomic E-state index is 0.0144. The lowest BCUT2D eigenvalue weighted by molar-refractivity contribution is -0.130. The number of sulfone groups is 1. The summed E-state index contributed by atoms with van der Waals surface area (Å²) >= 11 is 0. The SMILES string of the molecule is O=C(Cc1ccc2c(c1)OCO2)N1CCC(c2ccccc2)S(=O)(=O)CC1. The van der Waals surface area contributed by atoms with Crippen molar-refractivity contribution >= 4 is 15.7 Å². The molecule has 0 N–H and O–H groups in total. The molecule has 0 spiro atoms. The predicted octanol–water partition coefficient (Wildman–Crippen LogP) is 2.35. The fourth-order valence-corrected chi connectivity index (χ4v) is 5.37. The predicted molar refractivity (Wildman–Crippen MR) is 100 cm³/mol. The molecule has 27 heavy (non-hydrogen) atoms. The molecule has 0 aromatic heterocycles. The highest BCUT2D eigenvalue weighted by molar-refractivity contribution is 7.91. The highest BCUT2D eigenvalue weighted by Crippen LogP contribution is 2.33. The van der Waals surface area contributed by atoms with Crippen molar-refractivity contribution in [3.8, 4) is 11.5 Å². The highest BCUT2D eigenvalue weighted by Gasteiger charge is 2.32. The molecule has 2 heterocycles. The Labute approximate surface area is 158 Å². The van der Waals surface area contributed by atoms with Gasteiger partial charge in [0.05, 0.1) is 17.4 Å². The monoisotopic (exact) mass is 387 g/mol. The van der Waals surface area contributed by atoms with Gasteiger partial charge >= 0.3 is 0 Å². The third-order valence-electron chi connectivity index (χ3n) is 5.06. The van der Waals surface area contributed by atoms with E-state index in [0.717, 1.165) is 11.1 Å². The van der Waals surface area contributed by atoms with Gasteiger partial charge in [0.15, 0.2) is 21.3 Å². The van der Waals surface area contributed by atoms with E-state index in [1.807, 2.05) is 42.5 Å². The summed E-state index contributed by atoms with van der Waals surface area (Å²) in [6.07, 6.45) is 0.631. The molecule has 2 aromatic carbocycles. The number of nitrogens with zero attached hydrogens (tertiary/aromatic N) is 1. The maximum absolute atomic E-state index is 12.7. The highest BCUT2D eigenvalue weighted by atomic mass is 32.2. The molecule has 1 unspecified atom stereocenters. The number of carbonyl (C=O) groups excluding carboxylic acids is 1. The van der Waals surface area contributed by atoms with Gasteiger partial charge in [0.1, 0.15) is 0 Å². The molecule has 1 saturated heterocycles. The number of rotatable bonds is 3. The van der Waals surface area contributed by atoms with Crippen LogP contribution in [-0.4, -0.2) is 44.9 Å². The lowest BCUT2D eigenvalue weighted by Crippen LogP contribution is -2.34. The van der Waals surface area contributed by atoms with E-state index in [1.54, 1.807) is 11.0 Å². The Kier molecular flexibility index (Phi) is 4.78. The van der Waals surface area contributed by atoms with Crippen LogP contribution in [0.5, 0.6) is 11.5 Å². The Morgan fingerprint density at radius 2 is 1.81 bits per heavy atom. The van der Waals surface area contributed by atoms with Crippen LogP contribution >= 0.6 is 0 Å². The first-order valence-corrected chi connectivity index (χ1v) is 10.7. The largest absolute Gasteiger partial charge is 0.454 e. The molecular formula is C20H21NO5S. The number of hydrogen-bond donors (Lipinski definition) is 0. The van der Waals surface area contributed by atoms with Gasteiger partial charge in [-0.15, -0.1) is 0 Å². The van der Waals surface area contributed by atoms with E-state index in [1.165, 1.54) is 0 Å². The summed E-state index contributed by atoms with van der Waals surface area (Å²) < 4.78 is 36.0. The maximum Gasteiger partial charge on any atom is 0.231 e. The Bertz CT molecular complexity index is 942. The molecule has 2 aliphatic rings. The van der Waals surface area contributed by atoms with Gasteiger partial charge in [-0.2, -0.15) is 0 Å². The Hall–Kier alpha value is -2.54. The van der Waals surface area contributed by atoms with Crippen molar-refractivity contribution in [2.24, 2.45) is 0 Å². The minimum atomic E-state index is -3.29. The zero-order valence-corrected chi connectivity index (χ0v) is 15.7. The number of hydrogen-bond acceptors (Lipinski definition) is 5. The Balaban J connectivity index is 1.46. The summed E-state index contributed by atoms with van der Waals surface area (Å²) in [5, 5.41) is -0.554. The summed E-state index contributed by atoms with van der Waals surface area (Å²) in [4.78, 5) is 14.4. The van der Waals surface area contributed by atoms with Gasteiger partial charge in [0.2, 0.25) is 12.7 Å². The van der Waals surface area contributed by atoms with Gasteiger partial charge in [-0.25, -0.2) is 8.42 Å². The molecule has 4 rings (SSSR count). The third kappa shape index (κ3) is 3.78. The topological polar surface area (TPSA) is 72.9 Å². The van der Waals surface area contributed by atoms with E-state index in [-0.39, 0.29) is 31.4 Å². The normalized spacial score (nSPS) is 20.9. The van der Waals surface area contributed by atoms with Gasteiger partial charge in [-0.1, -0.05) is 36.4 Å². The first kappa shape index (κ1) is 17.9. The molecule has 2 aliphatic heterocycles. The first-order valence-electron chi connectivity index (χ1n) is 8.96. The van der Waals surface area contributed by atoms with Crippen LogP contribution in [0.3, 0.4) is 0 Å². The van der Waals surface area contributed by atoms with E-state index < -0.39 is 15.1 Å². The van der Waals surface area contributed by atoms with Crippen molar-refractivity contribution in [1.29, 1.82) is 0 Å². The van der Waals surface area contributed by atoms with Gasteiger partial charge < -0.3 is 14.4 Å². The number of ether oxygens (including phenoxy) is 2. The van der Waals surface area contributed by atoms with Crippen molar-refractivity contribution < 1.29 is 22.7 Å². The second kappa shape index (κ2) is 7.23. The lowest BCUT2D eigenvalue weighted by atomic mass is 10.1. The fraction of sp³-hybridized carbons (Fsp3) is 0.350. The Morgan fingerprint density at radius 3 is 2.63 bits per heavy atom. The average molecular weight is 387 g/mol. The minimum Gasteiger partial charge on any atom is -0.454 e. The molecule has 0 saturated carbocycles. The first-order chi connectivity index (χ1) is 13.0. The number of carbonyl (C=O) groups is 1. The van der Waals surface area contributed by atoms with Gasteiger partial charge in [0, 0.05) is 13.1 Å². The second-order valence-corrected chi connectivity index (χ2v) is 9.10. The quantitative estimate of drug-likeness (QED) is 0.808. The summed E-state index contributed by atoms with van der Waals surface area (Å²) in [5.41, 5.74) is 1.62. The van der Waals surface area contributed by atoms with Crippen molar-refractivity contribution in [3.05, 3.63) is 59.7 Å². The van der Waals surface area contributed by atoms with E-state index >= 15 is 0 Å². The van der Waals surface area contributed by atoms with E-state index in [4.69, 9.17) is 9.47 Å². The molecule has 6 nitrogen and oxygen atoms in total. The third-order valence-corrected chi connectivity index (χ3v) is 7.18. The van der Waals surface area contributed by atoms with Crippen LogP contribution in [0.2, 0.25) is 0 Å². The van der Waals surface area contributed by atoms with Crippen LogP contribution in [-0.2, 0) is 21.1 Å². The van der Waals surface area contributed by atoms with Gasteiger partial charge in [0.25, 0.3) is 0 Å². The van der Waals surface area contributed by atoms with Crippen molar-refractivity contribution in [2.75, 3.05) is 25.6 Å². The van der Waals surface area contributed by atoms with E-state index in [9.17, 15) is 13.2 Å². The van der Waals surface area contributed by atoms with Crippen LogP contribution in [0.25, 0.3) is 0 Å². The molecule has 142 valence electrons. The summed E-state index contributed by atoms with van der Waals surface area (Å²) in [6, 6.07) is 14.7. The van der Waals surface area contributed by atoms with Crippen LogP contribution in [0.15, 0.2) is 48.5 Å². The molecule has 2 aromatic rings. The molecule has 1 fully saturated rings. The molecule has 1 amide bonds. The number of amides is 1.